The second-order valence-electron chi connectivity index (χ2n) is 16.3. The molecule has 1 aliphatic heterocycles. The van der Waals surface area contributed by atoms with Crippen molar-refractivity contribution in [1.82, 2.24) is 15.0 Å². The summed E-state index contributed by atoms with van der Waals surface area (Å²) in [5.74, 6) is 1.79. The summed E-state index contributed by atoms with van der Waals surface area (Å²) < 4.78 is 0. The van der Waals surface area contributed by atoms with Crippen molar-refractivity contribution in [3.8, 4) is 62.5 Å². The van der Waals surface area contributed by atoms with E-state index < -0.39 is 5.41 Å². The van der Waals surface area contributed by atoms with Crippen LogP contribution in [0.2, 0.25) is 0 Å². The fraction of sp³-hybridized carbons (Fsp3) is 0.0714. The van der Waals surface area contributed by atoms with Crippen molar-refractivity contribution in [3.63, 3.8) is 0 Å². The molecule has 0 N–H and O–H groups in total. The fourth-order valence-corrected chi connectivity index (χ4v) is 11.0. The van der Waals surface area contributed by atoms with Crippen LogP contribution in [0.4, 0.5) is 0 Å². The molecule has 0 fully saturated rings. The number of aromatic nitrogens is 3. The van der Waals surface area contributed by atoms with E-state index in [0.29, 0.717) is 23.0 Å². The summed E-state index contributed by atoms with van der Waals surface area (Å²) in [4.78, 5) is 17.7. The molecule has 0 unspecified atom stereocenters. The summed E-state index contributed by atoms with van der Waals surface area (Å²) in [5.41, 5.74) is 15.0. The minimum Gasteiger partial charge on any atom is -0.208 e. The summed E-state index contributed by atoms with van der Waals surface area (Å²) in [6.45, 7) is 4.73. The molecule has 1 aliphatic carbocycles. The third kappa shape index (κ3) is 5.86. The predicted octanol–water partition coefficient (Wildman–Crippen LogP) is 13.6. The van der Waals surface area contributed by atoms with Crippen molar-refractivity contribution in [2.24, 2.45) is 0 Å². The van der Waals surface area contributed by atoms with Crippen LogP contribution in [0.1, 0.15) is 52.8 Å². The maximum atomic E-state index is 9.54. The van der Waals surface area contributed by atoms with Crippen LogP contribution in [-0.4, -0.2) is 15.0 Å². The molecule has 288 valence electrons. The minimum atomic E-state index is -0.485. The van der Waals surface area contributed by atoms with Crippen molar-refractivity contribution < 1.29 is 0 Å². The van der Waals surface area contributed by atoms with Crippen molar-refractivity contribution in [2.75, 3.05) is 0 Å². The zero-order valence-corrected chi connectivity index (χ0v) is 34.5. The lowest BCUT2D eigenvalue weighted by atomic mass is 9.54. The van der Waals surface area contributed by atoms with E-state index in [9.17, 15) is 5.26 Å². The molecule has 9 aromatic rings. The molecule has 2 aliphatic rings. The second-order valence-corrected chi connectivity index (χ2v) is 17.3. The molecular weight excluding hydrogens is 761 g/mol. The molecule has 1 aromatic heterocycles. The van der Waals surface area contributed by atoms with Crippen LogP contribution in [0, 0.1) is 11.3 Å². The van der Waals surface area contributed by atoms with E-state index >= 15 is 0 Å². The molecule has 0 saturated heterocycles. The van der Waals surface area contributed by atoms with Crippen LogP contribution in [0.15, 0.2) is 204 Å². The summed E-state index contributed by atoms with van der Waals surface area (Å²) in [6.07, 6.45) is 0. The van der Waals surface area contributed by atoms with Crippen LogP contribution in [0.25, 0.3) is 56.4 Å². The van der Waals surface area contributed by atoms with Gasteiger partial charge in [0.25, 0.3) is 0 Å². The van der Waals surface area contributed by atoms with Gasteiger partial charge in [-0.3, -0.25) is 0 Å². The molecule has 61 heavy (non-hydrogen) atoms. The Morgan fingerprint density at radius 3 is 1.56 bits per heavy atom. The number of benzene rings is 8. The van der Waals surface area contributed by atoms with Gasteiger partial charge in [0.2, 0.25) is 0 Å². The van der Waals surface area contributed by atoms with Crippen LogP contribution in [-0.2, 0) is 10.8 Å². The molecule has 4 nitrogen and oxygen atoms in total. The van der Waals surface area contributed by atoms with E-state index in [4.69, 9.17) is 15.0 Å². The third-order valence-corrected chi connectivity index (χ3v) is 13.7. The molecular formula is C56H38N4S. The van der Waals surface area contributed by atoms with Crippen molar-refractivity contribution in [2.45, 2.75) is 34.5 Å². The number of hydrogen-bond donors (Lipinski definition) is 0. The van der Waals surface area contributed by atoms with E-state index in [1.54, 1.807) is 0 Å². The molecule has 1 spiro atoms. The van der Waals surface area contributed by atoms with Gasteiger partial charge < -0.3 is 0 Å². The number of fused-ring (bicyclic) bond motifs is 8. The van der Waals surface area contributed by atoms with Gasteiger partial charge in [0.05, 0.1) is 17.0 Å². The van der Waals surface area contributed by atoms with Gasteiger partial charge in [0.1, 0.15) is 0 Å². The first-order chi connectivity index (χ1) is 29.9. The van der Waals surface area contributed by atoms with Crippen LogP contribution >= 0.6 is 11.8 Å². The van der Waals surface area contributed by atoms with E-state index in [-0.39, 0.29) is 5.41 Å². The SMILES string of the molecule is CC1(C)c2ccccc2C2(c3ccccc3Sc3c(-c4ccc(-c5nc(-c6ccccc6)nc(-c6cccc(-c7cccc(C#N)c7)c6)n5)cc4)cccc32)c2ccccc21. The highest BCUT2D eigenvalue weighted by Gasteiger charge is 2.52. The lowest BCUT2D eigenvalue weighted by Crippen LogP contribution is -2.43. The summed E-state index contributed by atoms with van der Waals surface area (Å²) >= 11 is 1.87. The van der Waals surface area contributed by atoms with Gasteiger partial charge in [-0.2, -0.15) is 5.26 Å². The zero-order valence-electron chi connectivity index (χ0n) is 33.7. The maximum Gasteiger partial charge on any atom is 0.164 e. The Labute approximate surface area is 360 Å². The highest BCUT2D eigenvalue weighted by atomic mass is 32.2. The number of nitrogens with zero attached hydrogens (tertiary/aromatic N) is 4. The number of hydrogen-bond acceptors (Lipinski definition) is 5. The Bertz CT molecular complexity index is 3170. The van der Waals surface area contributed by atoms with E-state index in [0.717, 1.165) is 33.4 Å². The van der Waals surface area contributed by atoms with Gasteiger partial charge >= 0.3 is 0 Å². The molecule has 8 aromatic carbocycles. The normalized spacial score (nSPS) is 13.9. The monoisotopic (exact) mass is 798 g/mol. The number of nitriles is 1. The average Bonchev–Trinajstić information content (AvgIpc) is 3.33. The van der Waals surface area contributed by atoms with E-state index in [1.807, 2.05) is 84.6 Å². The lowest BCUT2D eigenvalue weighted by molar-refractivity contribution is 0.549. The molecule has 5 heteroatoms. The Hall–Kier alpha value is -7.39. The van der Waals surface area contributed by atoms with E-state index in [1.165, 1.54) is 48.7 Å². The first-order valence-electron chi connectivity index (χ1n) is 20.6. The van der Waals surface area contributed by atoms with Gasteiger partial charge in [-0.25, -0.2) is 15.0 Å². The maximum absolute atomic E-state index is 9.54. The Morgan fingerprint density at radius 1 is 0.410 bits per heavy atom. The highest BCUT2D eigenvalue weighted by molar-refractivity contribution is 7.99. The summed E-state index contributed by atoms with van der Waals surface area (Å²) in [5, 5.41) is 9.54. The minimum absolute atomic E-state index is 0.159. The first-order valence-corrected chi connectivity index (χ1v) is 21.4. The second kappa shape index (κ2) is 14.4. The van der Waals surface area contributed by atoms with Crippen LogP contribution in [0.3, 0.4) is 0 Å². The average molecular weight is 799 g/mol. The van der Waals surface area contributed by atoms with Crippen LogP contribution in [0.5, 0.6) is 0 Å². The first kappa shape index (κ1) is 36.7. The molecule has 0 amide bonds. The van der Waals surface area contributed by atoms with Gasteiger partial charge in [0, 0.05) is 31.9 Å². The largest absolute Gasteiger partial charge is 0.208 e. The molecule has 2 heterocycles. The summed E-state index contributed by atoms with van der Waals surface area (Å²) in [6, 6.07) is 70.9. The van der Waals surface area contributed by atoms with E-state index in [2.05, 4.69) is 141 Å². The molecule has 11 rings (SSSR count). The van der Waals surface area contributed by atoms with Gasteiger partial charge in [-0.15, -0.1) is 0 Å². The Kier molecular flexibility index (Phi) is 8.66. The molecule has 0 bridgehead atoms. The van der Waals surface area contributed by atoms with Crippen LogP contribution < -0.4 is 0 Å². The topological polar surface area (TPSA) is 62.5 Å². The zero-order chi connectivity index (χ0) is 41.1. The highest BCUT2D eigenvalue weighted by Crippen LogP contribution is 2.62. The van der Waals surface area contributed by atoms with Crippen molar-refractivity contribution in [3.05, 3.63) is 233 Å². The Morgan fingerprint density at radius 2 is 0.885 bits per heavy atom. The molecule has 0 saturated carbocycles. The third-order valence-electron chi connectivity index (χ3n) is 12.5. The summed E-state index contributed by atoms with van der Waals surface area (Å²) in [7, 11) is 0. The smallest absolute Gasteiger partial charge is 0.164 e. The van der Waals surface area contributed by atoms with Gasteiger partial charge in [-0.1, -0.05) is 195 Å². The van der Waals surface area contributed by atoms with Crippen molar-refractivity contribution in [1.29, 1.82) is 5.26 Å². The standard InChI is InChI=1S/C56H38N4S/c1-55(2)44-22-6-8-24-46(44)56(47-25-9-7-23-45(47)55)48-26-10-11-28-50(48)61-51-43(21-14-27-49(51)56)37-29-31-39(32-30-37)53-58-52(38-16-4-3-5-17-38)59-54(60-53)42-20-13-19-41(34-42)40-18-12-15-36(33-40)35-57/h3-34H,1-2H3. The van der Waals surface area contributed by atoms with Gasteiger partial charge in [-0.05, 0) is 79.9 Å². The number of rotatable bonds is 5. The molecule has 0 atom stereocenters. The lowest BCUT2D eigenvalue weighted by Gasteiger charge is -2.50. The quantitative estimate of drug-likeness (QED) is 0.174. The van der Waals surface area contributed by atoms with Crippen molar-refractivity contribution >= 4 is 11.8 Å². The van der Waals surface area contributed by atoms with Gasteiger partial charge in [0.15, 0.2) is 17.5 Å². The molecule has 0 radical (unpaired) electrons. The Balaban J connectivity index is 1.05. The predicted molar refractivity (Wildman–Crippen MR) is 246 cm³/mol. The fourth-order valence-electron chi connectivity index (χ4n) is 9.63.